The minimum absolute atomic E-state index is 0.139. The predicted molar refractivity (Wildman–Crippen MR) is 134 cm³/mol. The normalized spacial score (nSPS) is 13.9. The summed E-state index contributed by atoms with van der Waals surface area (Å²) in [5, 5.41) is 8.70. The lowest BCUT2D eigenvalue weighted by atomic mass is 9.87. The van der Waals surface area contributed by atoms with Crippen molar-refractivity contribution in [1.29, 1.82) is 5.41 Å². The van der Waals surface area contributed by atoms with Crippen molar-refractivity contribution in [2.75, 3.05) is 25.4 Å². The molecular formula is C23H37ClN2O2S2. The van der Waals surface area contributed by atoms with E-state index in [4.69, 9.17) is 21.7 Å². The third-order valence-corrected chi connectivity index (χ3v) is 6.96. The Morgan fingerprint density at radius 2 is 1.73 bits per heavy atom. The molecule has 0 heterocycles. The van der Waals surface area contributed by atoms with Gasteiger partial charge in [-0.05, 0) is 49.6 Å². The van der Waals surface area contributed by atoms with Gasteiger partial charge in [-0.15, -0.1) is 0 Å². The van der Waals surface area contributed by atoms with Crippen LogP contribution in [0.1, 0.15) is 64.9 Å². The van der Waals surface area contributed by atoms with Crippen LogP contribution >= 0.6 is 35.1 Å². The van der Waals surface area contributed by atoms with Crippen molar-refractivity contribution >= 4 is 45.6 Å². The largest absolute Gasteiger partial charge is 0.473 e. The molecule has 0 unspecified atom stereocenters. The van der Waals surface area contributed by atoms with Crippen molar-refractivity contribution in [1.82, 2.24) is 4.90 Å². The van der Waals surface area contributed by atoms with Gasteiger partial charge in [0.2, 0.25) is 5.23 Å². The maximum atomic E-state index is 11.7. The molecule has 1 saturated carbocycles. The Hall–Kier alpha value is -0.850. The fraction of sp³-hybridized carbons (Fsp3) is 0.652. The Morgan fingerprint density at radius 1 is 1.10 bits per heavy atom. The predicted octanol–water partition coefficient (Wildman–Crippen LogP) is 7.70. The van der Waals surface area contributed by atoms with E-state index < -0.39 is 0 Å². The van der Waals surface area contributed by atoms with Gasteiger partial charge in [-0.1, -0.05) is 86.3 Å². The highest BCUT2D eigenvalue weighted by Crippen LogP contribution is 2.26. The highest BCUT2D eigenvalue weighted by molar-refractivity contribution is 8.13. The van der Waals surface area contributed by atoms with Crippen LogP contribution in [0.2, 0.25) is 5.02 Å². The number of ether oxygens (including phenoxy) is 1. The zero-order valence-electron chi connectivity index (χ0n) is 18.6. The third-order valence-electron chi connectivity index (χ3n) is 5.06. The van der Waals surface area contributed by atoms with Crippen molar-refractivity contribution in [3.8, 4) is 0 Å². The number of nitrogens with zero attached hydrogens (tertiary/aromatic N) is 1. The van der Waals surface area contributed by atoms with Gasteiger partial charge in [0, 0.05) is 23.9 Å². The van der Waals surface area contributed by atoms with E-state index in [1.807, 2.05) is 49.9 Å². The topological polar surface area (TPSA) is 53.4 Å². The Bertz CT molecular complexity index is 604. The number of amides is 1. The molecule has 1 fully saturated rings. The fourth-order valence-electron chi connectivity index (χ4n) is 3.27. The van der Waals surface area contributed by atoms with Gasteiger partial charge in [-0.25, -0.2) is 0 Å². The molecule has 1 aliphatic rings. The van der Waals surface area contributed by atoms with Crippen molar-refractivity contribution in [2.24, 2.45) is 5.92 Å². The number of hydrogen-bond acceptors (Lipinski definition) is 5. The molecule has 2 rings (SSSR count). The van der Waals surface area contributed by atoms with Crippen molar-refractivity contribution in [3.05, 3.63) is 34.9 Å². The summed E-state index contributed by atoms with van der Waals surface area (Å²) in [6, 6.07) is 7.59. The first kappa shape index (κ1) is 27.2. The minimum atomic E-state index is 0.139. The van der Waals surface area contributed by atoms with Crippen LogP contribution in [0, 0.1) is 11.3 Å². The number of halogens is 1. The quantitative estimate of drug-likeness (QED) is 0.311. The van der Waals surface area contributed by atoms with Crippen molar-refractivity contribution in [2.45, 2.75) is 65.0 Å². The number of carbonyl (C=O) groups is 1. The summed E-state index contributed by atoms with van der Waals surface area (Å²) >= 11 is 8.60. The molecule has 0 bridgehead atoms. The van der Waals surface area contributed by atoms with Gasteiger partial charge in [-0.3, -0.25) is 10.2 Å². The zero-order chi connectivity index (χ0) is 22.2. The van der Waals surface area contributed by atoms with Crippen molar-refractivity contribution < 1.29 is 9.53 Å². The lowest BCUT2D eigenvalue weighted by molar-refractivity contribution is 0.228. The molecule has 0 aliphatic heterocycles. The Morgan fingerprint density at radius 3 is 2.30 bits per heavy atom. The third kappa shape index (κ3) is 12.1. The van der Waals surface area contributed by atoms with Gasteiger partial charge >= 0.3 is 0 Å². The summed E-state index contributed by atoms with van der Waals surface area (Å²) in [6.07, 6.45) is 8.10. The number of hydrogen-bond donors (Lipinski definition) is 1. The molecule has 1 aromatic rings. The second-order valence-electron chi connectivity index (χ2n) is 7.21. The van der Waals surface area contributed by atoms with E-state index in [1.165, 1.54) is 55.6 Å². The van der Waals surface area contributed by atoms with Crippen LogP contribution in [-0.4, -0.2) is 40.8 Å². The zero-order valence-corrected chi connectivity index (χ0v) is 21.0. The molecular weight excluding hydrogens is 436 g/mol. The summed E-state index contributed by atoms with van der Waals surface area (Å²) in [5.74, 6) is 2.50. The number of nitrogens with one attached hydrogen (secondary N) is 1. The standard InChI is InChI=1S/C12H16ClNOS.C11H21NOS/c1-3-14(4-2)12(15)16-9-10-5-7-11(13)8-6-10;1-2-14-11(12)13-9-8-10-6-4-3-5-7-10/h5-8H,3-4,9H2,1-2H3;10,12H,2-9H2,1H3. The molecule has 1 aromatic carbocycles. The van der Waals surface area contributed by atoms with E-state index in [-0.39, 0.29) is 5.24 Å². The average Bonchev–Trinajstić information content (AvgIpc) is 2.76. The van der Waals surface area contributed by atoms with Gasteiger partial charge < -0.3 is 9.64 Å². The molecule has 4 nitrogen and oxygen atoms in total. The average molecular weight is 473 g/mol. The summed E-state index contributed by atoms with van der Waals surface area (Å²) in [7, 11) is 0. The molecule has 0 radical (unpaired) electrons. The van der Waals surface area contributed by atoms with Gasteiger partial charge in [0.1, 0.15) is 0 Å². The maximum Gasteiger partial charge on any atom is 0.281 e. The second-order valence-corrected chi connectivity index (χ2v) is 9.81. The minimum Gasteiger partial charge on any atom is -0.473 e. The van der Waals surface area contributed by atoms with Gasteiger partial charge in [0.05, 0.1) is 6.61 Å². The van der Waals surface area contributed by atoms with Gasteiger partial charge in [0.25, 0.3) is 5.24 Å². The Labute approximate surface area is 196 Å². The smallest absolute Gasteiger partial charge is 0.281 e. The second kappa shape index (κ2) is 16.8. The highest BCUT2D eigenvalue weighted by atomic mass is 35.5. The van der Waals surface area contributed by atoms with Crippen LogP contribution in [0.15, 0.2) is 24.3 Å². The molecule has 7 heteroatoms. The van der Waals surface area contributed by atoms with E-state index in [9.17, 15) is 4.79 Å². The maximum absolute atomic E-state index is 11.7. The summed E-state index contributed by atoms with van der Waals surface area (Å²) in [5.41, 5.74) is 1.12. The molecule has 0 saturated heterocycles. The molecule has 0 aromatic heterocycles. The Balaban J connectivity index is 0.000000303. The molecule has 1 N–H and O–H groups in total. The van der Waals surface area contributed by atoms with Crippen LogP contribution in [0.25, 0.3) is 0 Å². The summed E-state index contributed by atoms with van der Waals surface area (Å²) in [4.78, 5) is 13.5. The van der Waals surface area contributed by atoms with Crippen LogP contribution in [0.4, 0.5) is 4.79 Å². The molecule has 0 atom stereocenters. The van der Waals surface area contributed by atoms with E-state index in [0.717, 1.165) is 48.4 Å². The number of rotatable bonds is 8. The van der Waals surface area contributed by atoms with E-state index in [2.05, 4.69) is 0 Å². The summed E-state index contributed by atoms with van der Waals surface area (Å²) in [6.45, 7) is 8.31. The van der Waals surface area contributed by atoms with Crippen LogP contribution in [-0.2, 0) is 10.5 Å². The summed E-state index contributed by atoms with van der Waals surface area (Å²) < 4.78 is 5.33. The van der Waals surface area contributed by atoms with Crippen molar-refractivity contribution in [3.63, 3.8) is 0 Å². The molecule has 30 heavy (non-hydrogen) atoms. The SMILES string of the molecule is CCN(CC)C(=O)SCc1ccc(Cl)cc1.CCSC(=N)OCCC1CCCCC1. The van der Waals surface area contributed by atoms with Crippen LogP contribution in [0.3, 0.4) is 0 Å². The Kier molecular flexibility index (Phi) is 15.2. The number of benzene rings is 1. The monoisotopic (exact) mass is 472 g/mol. The lowest BCUT2D eigenvalue weighted by Crippen LogP contribution is -2.26. The van der Waals surface area contributed by atoms with E-state index >= 15 is 0 Å². The molecule has 1 amide bonds. The first-order valence-electron chi connectivity index (χ1n) is 11.0. The molecule has 1 aliphatic carbocycles. The van der Waals surface area contributed by atoms with Crippen LogP contribution in [0.5, 0.6) is 0 Å². The van der Waals surface area contributed by atoms with Gasteiger partial charge in [-0.2, -0.15) is 0 Å². The fourth-order valence-corrected chi connectivity index (χ4v) is 4.74. The first-order chi connectivity index (χ1) is 14.5. The van der Waals surface area contributed by atoms with E-state index in [1.54, 1.807) is 0 Å². The lowest BCUT2D eigenvalue weighted by Gasteiger charge is -2.21. The number of carbonyl (C=O) groups excluding carboxylic acids is 1. The van der Waals surface area contributed by atoms with Crippen LogP contribution < -0.4 is 0 Å². The molecule has 170 valence electrons. The van der Waals surface area contributed by atoms with E-state index in [0.29, 0.717) is 11.0 Å². The highest BCUT2D eigenvalue weighted by Gasteiger charge is 2.13. The van der Waals surface area contributed by atoms with Gasteiger partial charge in [0.15, 0.2) is 0 Å². The first-order valence-corrected chi connectivity index (χ1v) is 13.3. The molecule has 0 spiro atoms. The number of thioether (sulfide) groups is 2.